The van der Waals surface area contributed by atoms with E-state index in [0.717, 1.165) is 0 Å². The minimum absolute atomic E-state index is 0.0264. The molecular formula is C19H13Cl2NO2. The van der Waals surface area contributed by atoms with Crippen LogP contribution in [-0.2, 0) is 0 Å². The topological polar surface area (TPSA) is 40.5 Å². The lowest BCUT2D eigenvalue weighted by Gasteiger charge is -2.23. The van der Waals surface area contributed by atoms with Gasteiger partial charge < -0.3 is 5.11 Å². The van der Waals surface area contributed by atoms with Crippen LogP contribution in [0.1, 0.15) is 10.4 Å². The summed E-state index contributed by atoms with van der Waals surface area (Å²) in [5.41, 5.74) is 1.62. The molecule has 3 nitrogen and oxygen atoms in total. The summed E-state index contributed by atoms with van der Waals surface area (Å²) >= 11 is 12.1. The Morgan fingerprint density at radius 1 is 0.750 bits per heavy atom. The van der Waals surface area contributed by atoms with Crippen molar-refractivity contribution in [3.63, 3.8) is 0 Å². The van der Waals surface area contributed by atoms with Crippen LogP contribution in [-0.4, -0.2) is 11.0 Å². The number of halogens is 2. The molecule has 0 aliphatic rings. The van der Waals surface area contributed by atoms with Gasteiger partial charge in [-0.15, -0.1) is 0 Å². The average Bonchev–Trinajstić information content (AvgIpc) is 2.62. The Bertz CT molecular complexity index is 828. The lowest BCUT2D eigenvalue weighted by atomic mass is 10.1. The number of hydrogen-bond acceptors (Lipinski definition) is 2. The highest BCUT2D eigenvalue weighted by atomic mass is 35.5. The van der Waals surface area contributed by atoms with Gasteiger partial charge in [0, 0.05) is 11.4 Å². The minimum atomic E-state index is -0.334. The van der Waals surface area contributed by atoms with E-state index in [9.17, 15) is 9.90 Å². The second kappa shape index (κ2) is 6.95. The normalized spacial score (nSPS) is 10.4. The molecule has 0 aromatic heterocycles. The Balaban J connectivity index is 2.13. The molecule has 0 fully saturated rings. The van der Waals surface area contributed by atoms with Crippen molar-refractivity contribution in [2.24, 2.45) is 0 Å². The molecule has 0 radical (unpaired) electrons. The molecule has 0 aliphatic heterocycles. The van der Waals surface area contributed by atoms with Gasteiger partial charge in [-0.2, -0.15) is 0 Å². The van der Waals surface area contributed by atoms with Crippen molar-refractivity contribution >= 4 is 40.5 Å². The van der Waals surface area contributed by atoms with Gasteiger partial charge in [-0.25, -0.2) is 0 Å². The van der Waals surface area contributed by atoms with E-state index in [2.05, 4.69) is 0 Å². The zero-order chi connectivity index (χ0) is 17.1. The molecule has 5 heteroatoms. The maximum absolute atomic E-state index is 13.1. The predicted molar refractivity (Wildman–Crippen MR) is 97.5 cm³/mol. The van der Waals surface area contributed by atoms with E-state index < -0.39 is 0 Å². The number of para-hydroxylation sites is 2. The van der Waals surface area contributed by atoms with Gasteiger partial charge in [0.2, 0.25) is 0 Å². The van der Waals surface area contributed by atoms with Crippen LogP contribution >= 0.6 is 23.2 Å². The summed E-state index contributed by atoms with van der Waals surface area (Å²) in [6, 6.07) is 21.3. The fourth-order valence-electron chi connectivity index (χ4n) is 2.36. The van der Waals surface area contributed by atoms with Crippen molar-refractivity contribution < 1.29 is 9.90 Å². The van der Waals surface area contributed by atoms with E-state index in [1.807, 2.05) is 60.7 Å². The Morgan fingerprint density at radius 2 is 1.25 bits per heavy atom. The van der Waals surface area contributed by atoms with Crippen molar-refractivity contribution in [3.05, 3.63) is 88.4 Å². The number of anilines is 2. The molecule has 0 saturated heterocycles. The van der Waals surface area contributed by atoms with E-state index in [1.165, 1.54) is 12.1 Å². The van der Waals surface area contributed by atoms with Gasteiger partial charge in [0.25, 0.3) is 5.91 Å². The number of amides is 1. The molecule has 0 spiro atoms. The number of hydrogen-bond donors (Lipinski definition) is 1. The van der Waals surface area contributed by atoms with Crippen LogP contribution in [0.4, 0.5) is 11.4 Å². The van der Waals surface area contributed by atoms with Gasteiger partial charge in [-0.05, 0) is 36.4 Å². The number of phenolic OH excluding ortho intramolecular Hbond substituents is 1. The third kappa shape index (κ3) is 3.09. The molecule has 0 atom stereocenters. The van der Waals surface area contributed by atoms with Gasteiger partial charge >= 0.3 is 0 Å². The molecule has 120 valence electrons. The monoisotopic (exact) mass is 357 g/mol. The quantitative estimate of drug-likeness (QED) is 0.655. The second-order valence-corrected chi connectivity index (χ2v) is 5.83. The Morgan fingerprint density at radius 3 is 1.75 bits per heavy atom. The van der Waals surface area contributed by atoms with Crippen LogP contribution in [0.5, 0.6) is 5.75 Å². The first-order valence-electron chi connectivity index (χ1n) is 7.21. The average molecular weight is 358 g/mol. The van der Waals surface area contributed by atoms with Crippen LogP contribution in [0, 0.1) is 0 Å². The van der Waals surface area contributed by atoms with Crippen molar-refractivity contribution in [1.29, 1.82) is 0 Å². The van der Waals surface area contributed by atoms with Crippen LogP contribution in [0.25, 0.3) is 0 Å². The maximum atomic E-state index is 13.1. The highest BCUT2D eigenvalue weighted by Crippen LogP contribution is 2.36. The van der Waals surface area contributed by atoms with Gasteiger partial charge in [-0.1, -0.05) is 59.6 Å². The molecule has 0 aliphatic carbocycles. The first kappa shape index (κ1) is 16.4. The molecule has 24 heavy (non-hydrogen) atoms. The molecule has 0 bridgehead atoms. The number of benzene rings is 3. The molecule has 0 unspecified atom stereocenters. The highest BCUT2D eigenvalue weighted by Gasteiger charge is 2.23. The fraction of sp³-hybridized carbons (Fsp3) is 0. The molecule has 1 N–H and O–H groups in total. The fourth-order valence-corrected chi connectivity index (χ4v) is 2.77. The first-order chi connectivity index (χ1) is 11.6. The molecule has 0 heterocycles. The summed E-state index contributed by atoms with van der Waals surface area (Å²) in [7, 11) is 0. The van der Waals surface area contributed by atoms with Crippen LogP contribution in [0.3, 0.4) is 0 Å². The summed E-state index contributed by atoms with van der Waals surface area (Å²) in [6.45, 7) is 0. The Labute approximate surface area is 149 Å². The third-order valence-electron chi connectivity index (χ3n) is 3.52. The zero-order valence-corrected chi connectivity index (χ0v) is 14.0. The van der Waals surface area contributed by atoms with Crippen LogP contribution < -0.4 is 4.90 Å². The maximum Gasteiger partial charge on any atom is 0.264 e. The number of carbonyl (C=O) groups is 1. The molecule has 1 amide bonds. The summed E-state index contributed by atoms with van der Waals surface area (Å²) in [5, 5.41) is 9.63. The molecule has 3 aromatic rings. The van der Waals surface area contributed by atoms with Crippen LogP contribution in [0.15, 0.2) is 72.8 Å². The van der Waals surface area contributed by atoms with E-state index in [1.54, 1.807) is 4.90 Å². The number of phenols is 1. The van der Waals surface area contributed by atoms with Gasteiger partial charge in [0.15, 0.2) is 0 Å². The summed E-state index contributed by atoms with van der Waals surface area (Å²) in [6.07, 6.45) is 0. The molecular weight excluding hydrogens is 345 g/mol. The summed E-state index contributed by atoms with van der Waals surface area (Å²) in [5.74, 6) is -0.497. The number of carbonyl (C=O) groups excluding carboxylic acids is 1. The van der Waals surface area contributed by atoms with Gasteiger partial charge in [0.1, 0.15) is 10.8 Å². The Kier molecular flexibility index (Phi) is 4.74. The lowest BCUT2D eigenvalue weighted by Crippen LogP contribution is -2.26. The SMILES string of the molecule is O=C(c1ccc(O)c(Cl)c1Cl)N(c1ccccc1)c1ccccc1. The minimum Gasteiger partial charge on any atom is -0.506 e. The van der Waals surface area contributed by atoms with Crippen molar-refractivity contribution in [3.8, 4) is 5.75 Å². The van der Waals surface area contributed by atoms with Gasteiger partial charge in [0.05, 0.1) is 10.6 Å². The first-order valence-corrected chi connectivity index (χ1v) is 7.96. The predicted octanol–water partition coefficient (Wildman–Crippen LogP) is 5.68. The lowest BCUT2D eigenvalue weighted by molar-refractivity contribution is 0.0999. The van der Waals surface area contributed by atoms with E-state index in [4.69, 9.17) is 23.2 Å². The standard InChI is InChI=1S/C19H13Cl2NO2/c20-17-15(11-12-16(23)18(17)21)19(24)22(13-7-3-1-4-8-13)14-9-5-2-6-10-14/h1-12,23H. The van der Waals surface area contributed by atoms with Crippen molar-refractivity contribution in [2.45, 2.75) is 0 Å². The van der Waals surface area contributed by atoms with Crippen LogP contribution in [0.2, 0.25) is 10.0 Å². The molecule has 3 rings (SSSR count). The molecule has 3 aromatic carbocycles. The third-order valence-corrected chi connectivity index (χ3v) is 4.40. The van der Waals surface area contributed by atoms with Crippen molar-refractivity contribution in [2.75, 3.05) is 4.90 Å². The van der Waals surface area contributed by atoms with E-state index in [-0.39, 0.29) is 27.3 Å². The smallest absolute Gasteiger partial charge is 0.264 e. The summed E-state index contributed by atoms with van der Waals surface area (Å²) < 4.78 is 0. The second-order valence-electron chi connectivity index (χ2n) is 5.07. The van der Waals surface area contributed by atoms with Crippen molar-refractivity contribution in [1.82, 2.24) is 0 Å². The number of nitrogens with zero attached hydrogens (tertiary/aromatic N) is 1. The Hall–Kier alpha value is -2.49. The largest absolute Gasteiger partial charge is 0.506 e. The summed E-state index contributed by atoms with van der Waals surface area (Å²) in [4.78, 5) is 14.7. The number of aromatic hydroxyl groups is 1. The number of rotatable bonds is 3. The van der Waals surface area contributed by atoms with E-state index in [0.29, 0.717) is 11.4 Å². The van der Waals surface area contributed by atoms with Gasteiger partial charge in [-0.3, -0.25) is 9.69 Å². The molecule has 0 saturated carbocycles. The zero-order valence-electron chi connectivity index (χ0n) is 12.5. The highest BCUT2D eigenvalue weighted by molar-refractivity contribution is 6.45. The van der Waals surface area contributed by atoms with E-state index >= 15 is 0 Å².